The van der Waals surface area contributed by atoms with Crippen molar-refractivity contribution in [3.63, 3.8) is 0 Å². The quantitative estimate of drug-likeness (QED) is 0.462. The molecule has 0 aromatic carbocycles. The van der Waals surface area contributed by atoms with Gasteiger partial charge in [0.25, 0.3) is 0 Å². The summed E-state index contributed by atoms with van der Waals surface area (Å²) in [6.45, 7) is 7.82. The van der Waals surface area contributed by atoms with Gasteiger partial charge in [-0.25, -0.2) is 0 Å². The molecule has 0 saturated heterocycles. The SMILES string of the molecule is CC(C)P(O)(S)(S)C(C)C. The second kappa shape index (κ2) is 2.85. The molecule has 1 nitrogen and oxygen atoms in total. The van der Waals surface area contributed by atoms with E-state index in [1.807, 2.05) is 27.7 Å². The van der Waals surface area contributed by atoms with Crippen molar-refractivity contribution >= 4 is 29.7 Å². The van der Waals surface area contributed by atoms with Gasteiger partial charge in [0.2, 0.25) is 0 Å². The third kappa shape index (κ3) is 2.04. The normalized spacial score (nSPS) is 17.5. The van der Waals surface area contributed by atoms with E-state index in [0.29, 0.717) is 0 Å². The van der Waals surface area contributed by atoms with Gasteiger partial charge in [-0.2, -0.15) is 0 Å². The molecule has 0 aliphatic heterocycles. The van der Waals surface area contributed by atoms with Crippen LogP contribution in [0.5, 0.6) is 0 Å². The van der Waals surface area contributed by atoms with Crippen LogP contribution in [0.4, 0.5) is 0 Å². The van der Waals surface area contributed by atoms with Crippen LogP contribution in [0.25, 0.3) is 0 Å². The van der Waals surface area contributed by atoms with Gasteiger partial charge in [-0.15, -0.1) is 0 Å². The van der Waals surface area contributed by atoms with E-state index in [2.05, 4.69) is 24.5 Å². The molecule has 0 rings (SSSR count). The van der Waals surface area contributed by atoms with Crippen LogP contribution in [0, 0.1) is 0 Å². The summed E-state index contributed by atoms with van der Waals surface area (Å²) in [4.78, 5) is 9.99. The number of hydrogen-bond donors (Lipinski definition) is 3. The molecule has 0 unspecified atom stereocenters. The fourth-order valence-electron chi connectivity index (χ4n) is 0.596. The topological polar surface area (TPSA) is 20.2 Å². The standard InChI is InChI=1S/C6H17OPS2/c1-5(2)8(7,9,10)6(3)4/h5-7,9-10H,1-4H3. The molecular formula is C6H17OPS2. The van der Waals surface area contributed by atoms with Crippen LogP contribution in [-0.4, -0.2) is 16.2 Å². The van der Waals surface area contributed by atoms with E-state index < -0.39 is 5.23 Å². The number of hydrogen-bond acceptors (Lipinski definition) is 3. The molecular weight excluding hydrogens is 183 g/mol. The Hall–Kier alpha value is 1.09. The average molecular weight is 200 g/mol. The van der Waals surface area contributed by atoms with Gasteiger partial charge in [-0.3, -0.25) is 0 Å². The molecule has 0 aromatic rings. The summed E-state index contributed by atoms with van der Waals surface area (Å²) in [5, 5.41) is -2.93. The molecule has 0 amide bonds. The molecule has 10 heavy (non-hydrogen) atoms. The summed E-state index contributed by atoms with van der Waals surface area (Å²) in [5.74, 6) is 0. The summed E-state index contributed by atoms with van der Waals surface area (Å²) < 4.78 is 0. The van der Waals surface area contributed by atoms with E-state index in [-0.39, 0.29) is 11.3 Å². The summed E-state index contributed by atoms with van der Waals surface area (Å²) in [6, 6.07) is 0. The van der Waals surface area contributed by atoms with Crippen LogP contribution in [0.2, 0.25) is 0 Å². The Morgan fingerprint density at radius 2 is 1.20 bits per heavy atom. The van der Waals surface area contributed by atoms with Crippen LogP contribution in [0.1, 0.15) is 27.7 Å². The maximum absolute atomic E-state index is 9.99. The molecule has 4 heteroatoms. The van der Waals surface area contributed by atoms with Gasteiger partial charge in [0.05, 0.1) is 0 Å². The molecule has 0 aliphatic carbocycles. The van der Waals surface area contributed by atoms with Gasteiger partial charge in [0.1, 0.15) is 0 Å². The Bertz CT molecular complexity index is 113. The third-order valence-electron chi connectivity index (χ3n) is 1.98. The molecule has 0 bridgehead atoms. The molecule has 0 atom stereocenters. The monoisotopic (exact) mass is 200 g/mol. The van der Waals surface area contributed by atoms with E-state index in [1.165, 1.54) is 0 Å². The summed E-state index contributed by atoms with van der Waals surface area (Å²) in [6.07, 6.45) is 0. The maximum atomic E-state index is 9.99. The second-order valence-electron chi connectivity index (χ2n) is 3.30. The van der Waals surface area contributed by atoms with E-state index in [0.717, 1.165) is 0 Å². The van der Waals surface area contributed by atoms with Crippen molar-refractivity contribution in [1.29, 1.82) is 0 Å². The molecule has 0 aromatic heterocycles. The first kappa shape index (κ1) is 11.1. The average Bonchev–Trinajstić information content (AvgIpc) is 1.63. The summed E-state index contributed by atoms with van der Waals surface area (Å²) in [5.41, 5.74) is 0.301. The van der Waals surface area contributed by atoms with Gasteiger partial charge in [0, 0.05) is 0 Å². The Kier molecular flexibility index (Phi) is 3.17. The van der Waals surface area contributed by atoms with Crippen molar-refractivity contribution in [3.8, 4) is 0 Å². The zero-order valence-corrected chi connectivity index (χ0v) is 9.63. The zero-order valence-electron chi connectivity index (χ0n) is 6.94. The number of rotatable bonds is 2. The van der Waals surface area contributed by atoms with Crippen molar-refractivity contribution in [2.24, 2.45) is 0 Å². The van der Waals surface area contributed by atoms with Gasteiger partial charge >= 0.3 is 73.6 Å². The Labute approximate surface area is 73.9 Å². The number of thiol groups is 2. The van der Waals surface area contributed by atoms with Crippen LogP contribution >= 0.6 is 29.7 Å². The zero-order chi connectivity index (χ0) is 8.60. The third-order valence-corrected chi connectivity index (χ3v) is 11.5. The first-order chi connectivity index (χ1) is 4.17. The van der Waals surface area contributed by atoms with Crippen LogP contribution in [-0.2, 0) is 0 Å². The van der Waals surface area contributed by atoms with Crippen molar-refractivity contribution in [2.75, 3.05) is 0 Å². The van der Waals surface area contributed by atoms with Crippen LogP contribution in [0.3, 0.4) is 0 Å². The Morgan fingerprint density at radius 3 is 1.20 bits per heavy atom. The molecule has 0 aliphatic rings. The fraction of sp³-hybridized carbons (Fsp3) is 1.00. The molecule has 0 saturated carbocycles. The minimum atomic E-state index is -2.93. The molecule has 0 spiro atoms. The Balaban J connectivity index is 4.59. The van der Waals surface area contributed by atoms with E-state index in [4.69, 9.17) is 0 Å². The molecule has 0 heterocycles. The van der Waals surface area contributed by atoms with Crippen molar-refractivity contribution in [1.82, 2.24) is 0 Å². The fourth-order valence-corrected chi connectivity index (χ4v) is 1.79. The van der Waals surface area contributed by atoms with Gasteiger partial charge < -0.3 is 0 Å². The van der Waals surface area contributed by atoms with Crippen LogP contribution in [0.15, 0.2) is 0 Å². The molecule has 0 fully saturated rings. The van der Waals surface area contributed by atoms with Crippen molar-refractivity contribution in [2.45, 2.75) is 39.0 Å². The first-order valence-electron chi connectivity index (χ1n) is 3.43. The molecule has 0 radical (unpaired) electrons. The summed E-state index contributed by atoms with van der Waals surface area (Å²) in [7, 11) is 0. The van der Waals surface area contributed by atoms with Crippen molar-refractivity contribution < 1.29 is 4.89 Å². The van der Waals surface area contributed by atoms with E-state index in [1.54, 1.807) is 0 Å². The predicted octanol–water partition coefficient (Wildman–Crippen LogP) is 2.95. The minimum absolute atomic E-state index is 0.151. The van der Waals surface area contributed by atoms with E-state index >= 15 is 0 Å². The van der Waals surface area contributed by atoms with Crippen molar-refractivity contribution in [3.05, 3.63) is 0 Å². The molecule has 64 valence electrons. The first-order valence-corrected chi connectivity index (χ1v) is 8.06. The molecule has 1 N–H and O–H groups in total. The van der Waals surface area contributed by atoms with E-state index in [9.17, 15) is 4.89 Å². The second-order valence-corrected chi connectivity index (χ2v) is 13.6. The Morgan fingerprint density at radius 1 is 1.00 bits per heavy atom. The van der Waals surface area contributed by atoms with Gasteiger partial charge in [-0.1, -0.05) is 0 Å². The summed E-state index contributed by atoms with van der Waals surface area (Å²) >= 11 is 8.57. The van der Waals surface area contributed by atoms with Gasteiger partial charge in [-0.05, 0) is 0 Å². The van der Waals surface area contributed by atoms with Gasteiger partial charge in [0.15, 0.2) is 0 Å². The van der Waals surface area contributed by atoms with Crippen LogP contribution < -0.4 is 0 Å². The predicted molar refractivity (Wildman–Crippen MR) is 57.4 cm³/mol.